The van der Waals surface area contributed by atoms with Gasteiger partial charge in [-0.15, -0.1) is 13.2 Å². The average molecular weight is 252 g/mol. The highest BCUT2D eigenvalue weighted by atomic mass is 35.5. The van der Waals surface area contributed by atoms with E-state index in [1.165, 1.54) is 0 Å². The first-order valence-corrected chi connectivity index (χ1v) is 5.92. The van der Waals surface area contributed by atoms with Crippen LogP contribution in [0, 0.1) is 0 Å². The predicted octanol–water partition coefficient (Wildman–Crippen LogP) is 3.57. The molecule has 3 heteroatoms. The number of halogens is 1. The van der Waals surface area contributed by atoms with Crippen LogP contribution in [0.4, 0.5) is 5.69 Å². The molecule has 1 aromatic rings. The van der Waals surface area contributed by atoms with Gasteiger partial charge in [-0.3, -0.25) is 0 Å². The van der Waals surface area contributed by atoms with Crippen LogP contribution in [0.3, 0.4) is 0 Å². The van der Waals surface area contributed by atoms with Gasteiger partial charge in [0.15, 0.2) is 0 Å². The van der Waals surface area contributed by atoms with Crippen LogP contribution in [-0.4, -0.2) is 18.2 Å². The smallest absolute Gasteiger partial charge is 0.0776 e. The number of hydrogen-bond donors (Lipinski definition) is 1. The molecule has 0 aliphatic carbocycles. The lowest BCUT2D eigenvalue weighted by Crippen LogP contribution is -2.23. The van der Waals surface area contributed by atoms with Gasteiger partial charge in [0.25, 0.3) is 0 Å². The van der Waals surface area contributed by atoms with Crippen LogP contribution >= 0.6 is 11.6 Å². The monoisotopic (exact) mass is 251 g/mol. The number of aliphatic hydroxyl groups is 1. The molecule has 0 aliphatic rings. The third-order valence-electron chi connectivity index (χ3n) is 2.50. The third-order valence-corrected chi connectivity index (χ3v) is 2.83. The number of nitrogens with zero attached hydrogens (tertiary/aromatic N) is 1. The van der Waals surface area contributed by atoms with Crippen molar-refractivity contribution in [1.82, 2.24) is 0 Å². The Morgan fingerprint density at radius 1 is 1.35 bits per heavy atom. The second-order valence-corrected chi connectivity index (χ2v) is 4.27. The highest BCUT2D eigenvalue weighted by Gasteiger charge is 2.09. The molecule has 17 heavy (non-hydrogen) atoms. The van der Waals surface area contributed by atoms with Gasteiger partial charge in [-0.1, -0.05) is 29.8 Å². The minimum absolute atomic E-state index is 0.552. The van der Waals surface area contributed by atoms with Crippen molar-refractivity contribution in [2.75, 3.05) is 18.0 Å². The van der Waals surface area contributed by atoms with Gasteiger partial charge in [0.1, 0.15) is 0 Å². The van der Waals surface area contributed by atoms with Crippen molar-refractivity contribution in [3.63, 3.8) is 0 Å². The number of benzene rings is 1. The summed E-state index contributed by atoms with van der Waals surface area (Å²) in [6, 6.07) is 5.65. The van der Waals surface area contributed by atoms with Crippen LogP contribution in [-0.2, 0) is 0 Å². The average Bonchev–Trinajstić information content (AvgIpc) is 2.28. The molecule has 2 nitrogen and oxygen atoms in total. The van der Waals surface area contributed by atoms with Crippen LogP contribution in [0.15, 0.2) is 43.5 Å². The Morgan fingerprint density at radius 3 is 2.35 bits per heavy atom. The Kier molecular flexibility index (Phi) is 5.26. The minimum Gasteiger partial charge on any atom is -0.389 e. The highest BCUT2D eigenvalue weighted by Crippen LogP contribution is 2.27. The number of anilines is 1. The van der Waals surface area contributed by atoms with E-state index in [2.05, 4.69) is 18.1 Å². The van der Waals surface area contributed by atoms with Crippen molar-refractivity contribution >= 4 is 17.3 Å². The lowest BCUT2D eigenvalue weighted by molar-refractivity contribution is 0.199. The number of hydrogen-bond acceptors (Lipinski definition) is 2. The number of aliphatic hydroxyl groups excluding tert-OH is 1. The largest absolute Gasteiger partial charge is 0.389 e. The summed E-state index contributed by atoms with van der Waals surface area (Å²) < 4.78 is 0. The van der Waals surface area contributed by atoms with Gasteiger partial charge >= 0.3 is 0 Å². The molecule has 0 heterocycles. The lowest BCUT2D eigenvalue weighted by atomic mass is 10.1. The predicted molar refractivity (Wildman–Crippen MR) is 74.7 cm³/mol. The molecular formula is C14H18ClNO. The minimum atomic E-state index is -0.552. The van der Waals surface area contributed by atoms with E-state index in [-0.39, 0.29) is 0 Å². The van der Waals surface area contributed by atoms with Gasteiger partial charge in [0.05, 0.1) is 6.10 Å². The first kappa shape index (κ1) is 13.8. The molecule has 92 valence electrons. The molecule has 0 fully saturated rings. The Hall–Kier alpha value is -1.25. The van der Waals surface area contributed by atoms with Gasteiger partial charge < -0.3 is 10.0 Å². The fourth-order valence-electron chi connectivity index (χ4n) is 1.65. The van der Waals surface area contributed by atoms with Crippen LogP contribution in [0.1, 0.15) is 18.6 Å². The van der Waals surface area contributed by atoms with Crippen LogP contribution < -0.4 is 4.90 Å². The lowest BCUT2D eigenvalue weighted by Gasteiger charge is -2.22. The van der Waals surface area contributed by atoms with E-state index >= 15 is 0 Å². The van der Waals surface area contributed by atoms with Crippen molar-refractivity contribution in [2.45, 2.75) is 13.0 Å². The maximum Gasteiger partial charge on any atom is 0.0776 e. The molecule has 0 saturated heterocycles. The fourth-order valence-corrected chi connectivity index (χ4v) is 1.98. The number of rotatable bonds is 6. The zero-order valence-electron chi connectivity index (χ0n) is 10.1. The summed E-state index contributed by atoms with van der Waals surface area (Å²) in [5, 5.41) is 10.1. The van der Waals surface area contributed by atoms with Crippen molar-refractivity contribution < 1.29 is 5.11 Å². The first-order valence-electron chi connectivity index (χ1n) is 5.54. The van der Waals surface area contributed by atoms with E-state index < -0.39 is 6.10 Å². The molecule has 1 aromatic carbocycles. The summed E-state index contributed by atoms with van der Waals surface area (Å²) >= 11 is 6.13. The normalized spacial score (nSPS) is 11.9. The first-order chi connectivity index (χ1) is 8.10. The molecule has 1 atom stereocenters. The van der Waals surface area contributed by atoms with E-state index in [9.17, 15) is 5.11 Å². The summed E-state index contributed by atoms with van der Waals surface area (Å²) in [6.07, 6.45) is 3.11. The quantitative estimate of drug-likeness (QED) is 0.782. The van der Waals surface area contributed by atoms with E-state index in [0.717, 1.165) is 24.3 Å². The van der Waals surface area contributed by atoms with Crippen LogP contribution in [0.2, 0.25) is 5.02 Å². The van der Waals surface area contributed by atoms with Crippen LogP contribution in [0.25, 0.3) is 0 Å². The van der Waals surface area contributed by atoms with Crippen LogP contribution in [0.5, 0.6) is 0 Å². The van der Waals surface area contributed by atoms with E-state index in [0.29, 0.717) is 5.02 Å². The maximum atomic E-state index is 9.51. The summed E-state index contributed by atoms with van der Waals surface area (Å²) in [4.78, 5) is 2.09. The molecule has 1 unspecified atom stereocenters. The highest BCUT2D eigenvalue weighted by molar-refractivity contribution is 6.31. The van der Waals surface area contributed by atoms with Crippen molar-refractivity contribution in [3.05, 3.63) is 54.1 Å². The Morgan fingerprint density at radius 2 is 1.94 bits per heavy atom. The van der Waals surface area contributed by atoms with Gasteiger partial charge in [-0.25, -0.2) is 0 Å². The molecule has 1 N–H and O–H groups in total. The van der Waals surface area contributed by atoms with Gasteiger partial charge in [0.2, 0.25) is 0 Å². The van der Waals surface area contributed by atoms with E-state index in [1.807, 2.05) is 30.4 Å². The molecule has 0 radical (unpaired) electrons. The third kappa shape index (κ3) is 3.62. The topological polar surface area (TPSA) is 23.5 Å². The molecule has 0 saturated carbocycles. The maximum absolute atomic E-state index is 9.51. The molecule has 0 bridgehead atoms. The molecule has 0 aliphatic heterocycles. The Labute approximate surface area is 108 Å². The zero-order chi connectivity index (χ0) is 12.8. The van der Waals surface area contributed by atoms with E-state index in [1.54, 1.807) is 6.92 Å². The Bertz CT molecular complexity index is 391. The SMILES string of the molecule is C=CCN(CC=C)c1ccc(C(C)O)c(Cl)c1. The molecule has 0 amide bonds. The van der Waals surface area contributed by atoms with Crippen molar-refractivity contribution in [3.8, 4) is 0 Å². The second-order valence-electron chi connectivity index (χ2n) is 3.86. The molecular weight excluding hydrogens is 234 g/mol. The summed E-state index contributed by atoms with van der Waals surface area (Å²) in [7, 11) is 0. The molecule has 0 aromatic heterocycles. The van der Waals surface area contributed by atoms with Crippen molar-refractivity contribution in [2.24, 2.45) is 0 Å². The fraction of sp³-hybridized carbons (Fsp3) is 0.286. The molecule has 0 spiro atoms. The zero-order valence-corrected chi connectivity index (χ0v) is 10.8. The second kappa shape index (κ2) is 6.48. The van der Waals surface area contributed by atoms with Gasteiger partial charge in [-0.2, -0.15) is 0 Å². The van der Waals surface area contributed by atoms with Gasteiger partial charge in [-0.05, 0) is 24.6 Å². The molecule has 1 rings (SSSR count). The van der Waals surface area contributed by atoms with E-state index in [4.69, 9.17) is 11.6 Å². The summed E-state index contributed by atoms with van der Waals surface area (Å²) in [5.74, 6) is 0. The Balaban J connectivity index is 3.00. The summed E-state index contributed by atoms with van der Waals surface area (Å²) in [6.45, 7) is 10.6. The standard InChI is InChI=1S/C14H18ClNO/c1-4-8-16(9-5-2)12-6-7-13(11(3)17)14(15)10-12/h4-7,10-11,17H,1-2,8-9H2,3H3. The summed E-state index contributed by atoms with van der Waals surface area (Å²) in [5.41, 5.74) is 1.74. The van der Waals surface area contributed by atoms with Crippen molar-refractivity contribution in [1.29, 1.82) is 0 Å². The van der Waals surface area contributed by atoms with Gasteiger partial charge in [0, 0.05) is 23.8 Å².